The van der Waals surface area contributed by atoms with Crippen molar-refractivity contribution in [2.75, 3.05) is 26.2 Å². The van der Waals surface area contributed by atoms with Crippen LogP contribution in [0.25, 0.3) is 0 Å². The summed E-state index contributed by atoms with van der Waals surface area (Å²) in [6.45, 7) is 0. The third kappa shape index (κ3) is 3.71. The van der Waals surface area contributed by atoms with E-state index in [2.05, 4.69) is 0 Å². The molecular weight excluding hydrogens is 302 g/mol. The van der Waals surface area contributed by atoms with Crippen LogP contribution < -0.4 is 14.4 Å². The van der Waals surface area contributed by atoms with Crippen LogP contribution >= 0.6 is 11.6 Å². The zero-order chi connectivity index (χ0) is 16.1. The molecule has 22 heavy (non-hydrogen) atoms. The fraction of sp³-hybridized carbons (Fsp3) is 0.235. The first-order valence-corrected chi connectivity index (χ1v) is 7.16. The second-order valence-electron chi connectivity index (χ2n) is 4.80. The summed E-state index contributed by atoms with van der Waals surface area (Å²) in [5, 5.41) is 0.624. The number of benzene rings is 2. The van der Waals surface area contributed by atoms with Gasteiger partial charge in [-0.1, -0.05) is 23.7 Å². The minimum atomic E-state index is -0.0329. The summed E-state index contributed by atoms with van der Waals surface area (Å²) in [6, 6.07) is 12.7. The Labute approximate surface area is 135 Å². The van der Waals surface area contributed by atoms with Crippen molar-refractivity contribution in [1.29, 1.82) is 0 Å². The van der Waals surface area contributed by atoms with Gasteiger partial charge >= 0.3 is 0 Å². The molecule has 0 saturated heterocycles. The number of nitrogens with zero attached hydrogens (tertiary/aromatic N) is 1. The van der Waals surface area contributed by atoms with Gasteiger partial charge < -0.3 is 14.4 Å². The molecule has 2 aromatic rings. The van der Waals surface area contributed by atoms with Crippen LogP contribution in [-0.2, 0) is 11.2 Å². The summed E-state index contributed by atoms with van der Waals surface area (Å²) in [5.74, 6) is 1.18. The highest BCUT2D eigenvalue weighted by atomic mass is 35.5. The normalized spacial score (nSPS) is 10.2. The third-order valence-electron chi connectivity index (χ3n) is 3.37. The summed E-state index contributed by atoms with van der Waals surface area (Å²) < 4.78 is 10.5. The molecular formula is C17H18ClNO3. The van der Waals surface area contributed by atoms with Crippen LogP contribution in [0.1, 0.15) is 5.56 Å². The molecule has 0 N–H and O–H groups in total. The monoisotopic (exact) mass is 319 g/mol. The van der Waals surface area contributed by atoms with Gasteiger partial charge in [0.15, 0.2) is 11.5 Å². The van der Waals surface area contributed by atoms with Gasteiger partial charge in [-0.25, -0.2) is 0 Å². The quantitative estimate of drug-likeness (QED) is 0.845. The van der Waals surface area contributed by atoms with Crippen molar-refractivity contribution >= 4 is 23.2 Å². The minimum Gasteiger partial charge on any atom is -0.493 e. The first kappa shape index (κ1) is 16.2. The summed E-state index contributed by atoms with van der Waals surface area (Å²) in [6.07, 6.45) is 0.283. The molecule has 0 unspecified atom stereocenters. The molecule has 0 aliphatic rings. The van der Waals surface area contributed by atoms with Gasteiger partial charge in [0, 0.05) is 23.8 Å². The van der Waals surface area contributed by atoms with E-state index in [-0.39, 0.29) is 12.3 Å². The summed E-state index contributed by atoms with van der Waals surface area (Å²) in [7, 11) is 4.87. The molecule has 0 bridgehead atoms. The maximum atomic E-state index is 12.4. The lowest BCUT2D eigenvalue weighted by Crippen LogP contribution is -2.27. The molecule has 0 heterocycles. The predicted molar refractivity (Wildman–Crippen MR) is 88.1 cm³/mol. The molecule has 0 aliphatic carbocycles. The zero-order valence-corrected chi connectivity index (χ0v) is 13.6. The molecule has 0 spiro atoms. The summed E-state index contributed by atoms with van der Waals surface area (Å²) >= 11 is 5.94. The molecule has 2 rings (SSSR count). The van der Waals surface area contributed by atoms with E-state index < -0.39 is 0 Å². The van der Waals surface area contributed by atoms with E-state index in [1.807, 2.05) is 18.2 Å². The number of likely N-dealkylation sites (N-methyl/N-ethyl adjacent to an activating group) is 1. The SMILES string of the molecule is COc1ccc(N(C)C(=O)Cc2cccc(Cl)c2)cc1OC. The van der Waals surface area contributed by atoms with Gasteiger partial charge in [-0.05, 0) is 29.8 Å². The van der Waals surface area contributed by atoms with E-state index >= 15 is 0 Å². The molecule has 4 nitrogen and oxygen atoms in total. The molecule has 5 heteroatoms. The Kier molecular flexibility index (Phi) is 5.28. The fourth-order valence-corrected chi connectivity index (χ4v) is 2.33. The Bertz CT molecular complexity index is 673. The van der Waals surface area contributed by atoms with Crippen LogP contribution in [0.15, 0.2) is 42.5 Å². The van der Waals surface area contributed by atoms with Crippen LogP contribution in [0, 0.1) is 0 Å². The average molecular weight is 320 g/mol. The highest BCUT2D eigenvalue weighted by molar-refractivity contribution is 6.30. The fourth-order valence-electron chi connectivity index (χ4n) is 2.12. The number of rotatable bonds is 5. The van der Waals surface area contributed by atoms with Crippen LogP contribution in [0.2, 0.25) is 5.02 Å². The Morgan fingerprint density at radius 3 is 2.45 bits per heavy atom. The minimum absolute atomic E-state index is 0.0329. The number of carbonyl (C=O) groups is 1. The van der Waals surface area contributed by atoms with Gasteiger partial charge in [0.05, 0.1) is 20.6 Å². The van der Waals surface area contributed by atoms with Gasteiger partial charge in [0.2, 0.25) is 5.91 Å². The first-order valence-electron chi connectivity index (χ1n) is 6.78. The number of anilines is 1. The molecule has 0 fully saturated rings. The largest absolute Gasteiger partial charge is 0.493 e. The zero-order valence-electron chi connectivity index (χ0n) is 12.8. The Balaban J connectivity index is 2.16. The van der Waals surface area contributed by atoms with Crippen molar-refractivity contribution in [3.63, 3.8) is 0 Å². The van der Waals surface area contributed by atoms with Crippen LogP contribution in [0.3, 0.4) is 0 Å². The summed E-state index contributed by atoms with van der Waals surface area (Å²) in [5.41, 5.74) is 1.62. The van der Waals surface area contributed by atoms with Gasteiger partial charge in [-0.2, -0.15) is 0 Å². The topological polar surface area (TPSA) is 38.8 Å². The number of hydrogen-bond donors (Lipinski definition) is 0. The second-order valence-corrected chi connectivity index (χ2v) is 5.24. The molecule has 0 atom stereocenters. The number of halogens is 1. The van der Waals surface area contributed by atoms with Gasteiger partial charge in [-0.15, -0.1) is 0 Å². The Morgan fingerprint density at radius 1 is 1.09 bits per heavy atom. The van der Waals surface area contributed by atoms with Crippen molar-refractivity contribution in [3.8, 4) is 11.5 Å². The smallest absolute Gasteiger partial charge is 0.231 e. The van der Waals surface area contributed by atoms with Gasteiger partial charge in [0.25, 0.3) is 0 Å². The van der Waals surface area contributed by atoms with Crippen molar-refractivity contribution < 1.29 is 14.3 Å². The molecule has 116 valence electrons. The van der Waals surface area contributed by atoms with Gasteiger partial charge in [0.1, 0.15) is 0 Å². The van der Waals surface area contributed by atoms with Crippen molar-refractivity contribution in [1.82, 2.24) is 0 Å². The molecule has 0 aromatic heterocycles. The summed E-state index contributed by atoms with van der Waals surface area (Å²) in [4.78, 5) is 14.0. The van der Waals surface area contributed by atoms with Crippen molar-refractivity contribution in [3.05, 3.63) is 53.1 Å². The van der Waals surface area contributed by atoms with E-state index in [1.54, 1.807) is 50.4 Å². The number of hydrogen-bond acceptors (Lipinski definition) is 3. The van der Waals surface area contributed by atoms with E-state index in [4.69, 9.17) is 21.1 Å². The van der Waals surface area contributed by atoms with Crippen LogP contribution in [0.4, 0.5) is 5.69 Å². The molecule has 1 amide bonds. The van der Waals surface area contributed by atoms with Crippen molar-refractivity contribution in [2.45, 2.75) is 6.42 Å². The number of ether oxygens (including phenoxy) is 2. The number of methoxy groups -OCH3 is 2. The number of carbonyl (C=O) groups excluding carboxylic acids is 1. The highest BCUT2D eigenvalue weighted by Gasteiger charge is 2.14. The lowest BCUT2D eigenvalue weighted by molar-refractivity contribution is -0.117. The molecule has 0 radical (unpaired) electrons. The van der Waals surface area contributed by atoms with Crippen LogP contribution in [-0.4, -0.2) is 27.2 Å². The molecule has 2 aromatic carbocycles. The maximum Gasteiger partial charge on any atom is 0.231 e. The standard InChI is InChI=1S/C17H18ClNO3/c1-19(14-7-8-15(21-2)16(11-14)22-3)17(20)10-12-5-4-6-13(18)9-12/h4-9,11H,10H2,1-3H3. The first-order chi connectivity index (χ1) is 10.5. The van der Waals surface area contributed by atoms with Crippen molar-refractivity contribution in [2.24, 2.45) is 0 Å². The maximum absolute atomic E-state index is 12.4. The lowest BCUT2D eigenvalue weighted by Gasteiger charge is -2.19. The van der Waals surface area contributed by atoms with Crippen LogP contribution in [0.5, 0.6) is 11.5 Å². The number of amides is 1. The van der Waals surface area contributed by atoms with E-state index in [0.29, 0.717) is 16.5 Å². The molecule has 0 saturated carbocycles. The van der Waals surface area contributed by atoms with E-state index in [9.17, 15) is 4.79 Å². The van der Waals surface area contributed by atoms with Gasteiger partial charge in [-0.3, -0.25) is 4.79 Å². The highest BCUT2D eigenvalue weighted by Crippen LogP contribution is 2.31. The Hall–Kier alpha value is -2.20. The second kappa shape index (κ2) is 7.18. The Morgan fingerprint density at radius 2 is 1.82 bits per heavy atom. The third-order valence-corrected chi connectivity index (χ3v) is 3.61. The average Bonchev–Trinajstić information content (AvgIpc) is 2.53. The predicted octanol–water partition coefficient (Wildman–Crippen LogP) is 3.56. The van der Waals surface area contributed by atoms with E-state index in [0.717, 1.165) is 11.3 Å². The van der Waals surface area contributed by atoms with E-state index in [1.165, 1.54) is 0 Å². The molecule has 0 aliphatic heterocycles. The lowest BCUT2D eigenvalue weighted by atomic mass is 10.1.